The van der Waals surface area contributed by atoms with Gasteiger partial charge in [-0.2, -0.15) is 12.6 Å². The van der Waals surface area contributed by atoms with E-state index in [2.05, 4.69) is 31.4 Å². The predicted octanol–water partition coefficient (Wildman–Crippen LogP) is 1.66. The maximum Gasteiger partial charge on any atom is 0.0615 e. The molecule has 0 heterocycles. The number of hydrogen-bond acceptors (Lipinski definition) is 3. The van der Waals surface area contributed by atoms with Gasteiger partial charge in [-0.3, -0.25) is 4.90 Å². The summed E-state index contributed by atoms with van der Waals surface area (Å²) in [5, 5.41) is 0. The monoisotopic (exact) mass is 191 g/mol. The molecule has 1 unspecified atom stereocenters. The fourth-order valence-corrected chi connectivity index (χ4v) is 1.45. The first-order valence-corrected chi connectivity index (χ1v) is 5.23. The third-order valence-corrected chi connectivity index (χ3v) is 2.36. The zero-order valence-corrected chi connectivity index (χ0v) is 9.31. The topological polar surface area (TPSA) is 12.5 Å². The van der Waals surface area contributed by atoms with Crippen LogP contribution < -0.4 is 0 Å². The van der Waals surface area contributed by atoms with Gasteiger partial charge in [0.25, 0.3) is 0 Å². The van der Waals surface area contributed by atoms with Gasteiger partial charge in [0, 0.05) is 13.2 Å². The number of hydrogen-bond donors (Lipinski definition) is 1. The standard InChI is InChI=1S/C9H21NOS/c1-4-10(6-5-7-12)9(2)8-11-3/h9,12H,4-8H2,1-3H3. The van der Waals surface area contributed by atoms with Gasteiger partial charge in [-0.1, -0.05) is 6.92 Å². The Morgan fingerprint density at radius 2 is 2.17 bits per heavy atom. The van der Waals surface area contributed by atoms with Crippen molar-refractivity contribution in [3.8, 4) is 0 Å². The minimum absolute atomic E-state index is 0.528. The molecule has 2 nitrogen and oxygen atoms in total. The lowest BCUT2D eigenvalue weighted by Gasteiger charge is -2.26. The average molecular weight is 191 g/mol. The van der Waals surface area contributed by atoms with E-state index in [1.54, 1.807) is 7.11 Å². The maximum atomic E-state index is 5.11. The average Bonchev–Trinajstić information content (AvgIpc) is 2.06. The third kappa shape index (κ3) is 5.01. The van der Waals surface area contributed by atoms with E-state index in [0.717, 1.165) is 31.9 Å². The number of likely N-dealkylation sites (N-methyl/N-ethyl adjacent to an activating group) is 1. The fraction of sp³-hybridized carbons (Fsp3) is 1.00. The van der Waals surface area contributed by atoms with Gasteiger partial charge in [-0.25, -0.2) is 0 Å². The lowest BCUT2D eigenvalue weighted by molar-refractivity contribution is 0.103. The molecule has 12 heavy (non-hydrogen) atoms. The van der Waals surface area contributed by atoms with E-state index in [1.807, 2.05) is 0 Å². The van der Waals surface area contributed by atoms with E-state index in [9.17, 15) is 0 Å². The van der Waals surface area contributed by atoms with Gasteiger partial charge in [0.2, 0.25) is 0 Å². The number of rotatable bonds is 7. The summed E-state index contributed by atoms with van der Waals surface area (Å²) in [5.74, 6) is 0.968. The molecule has 3 heteroatoms. The summed E-state index contributed by atoms with van der Waals surface area (Å²) in [6.45, 7) is 7.43. The molecule has 0 N–H and O–H groups in total. The van der Waals surface area contributed by atoms with Crippen LogP contribution in [0, 0.1) is 0 Å². The highest BCUT2D eigenvalue weighted by Crippen LogP contribution is 2.00. The zero-order chi connectivity index (χ0) is 9.40. The molecule has 0 aliphatic rings. The van der Waals surface area contributed by atoms with E-state index in [1.165, 1.54) is 0 Å². The van der Waals surface area contributed by atoms with E-state index >= 15 is 0 Å². The minimum atomic E-state index is 0.528. The molecule has 0 aromatic carbocycles. The minimum Gasteiger partial charge on any atom is -0.383 e. The smallest absolute Gasteiger partial charge is 0.0615 e. The molecule has 0 radical (unpaired) electrons. The molecule has 0 aliphatic heterocycles. The lowest BCUT2D eigenvalue weighted by atomic mass is 10.3. The Labute approximate surface area is 81.7 Å². The molecule has 0 spiro atoms. The number of methoxy groups -OCH3 is 1. The first-order chi connectivity index (χ1) is 5.76. The Morgan fingerprint density at radius 1 is 1.50 bits per heavy atom. The van der Waals surface area contributed by atoms with Crippen molar-refractivity contribution in [1.29, 1.82) is 0 Å². The van der Waals surface area contributed by atoms with Crippen molar-refractivity contribution in [2.24, 2.45) is 0 Å². The lowest BCUT2D eigenvalue weighted by Crippen LogP contribution is -2.36. The van der Waals surface area contributed by atoms with Crippen LogP contribution in [0.3, 0.4) is 0 Å². The molecule has 0 amide bonds. The first kappa shape index (κ1) is 12.3. The van der Waals surface area contributed by atoms with Crippen molar-refractivity contribution in [2.75, 3.05) is 32.6 Å². The molecular formula is C9H21NOS. The molecule has 0 rings (SSSR count). The van der Waals surface area contributed by atoms with Gasteiger partial charge < -0.3 is 4.74 Å². The highest BCUT2D eigenvalue weighted by atomic mass is 32.1. The number of thiol groups is 1. The van der Waals surface area contributed by atoms with Crippen LogP contribution in [0.2, 0.25) is 0 Å². The molecule has 0 aliphatic carbocycles. The second-order valence-corrected chi connectivity index (χ2v) is 3.46. The largest absolute Gasteiger partial charge is 0.383 e. The molecule has 0 aromatic rings. The van der Waals surface area contributed by atoms with Gasteiger partial charge in [0.1, 0.15) is 0 Å². The fourth-order valence-electron chi connectivity index (χ4n) is 1.31. The van der Waals surface area contributed by atoms with E-state index in [0.29, 0.717) is 6.04 Å². The highest BCUT2D eigenvalue weighted by molar-refractivity contribution is 7.80. The van der Waals surface area contributed by atoms with Crippen molar-refractivity contribution in [2.45, 2.75) is 26.3 Å². The highest BCUT2D eigenvalue weighted by Gasteiger charge is 2.09. The summed E-state index contributed by atoms with van der Waals surface area (Å²) in [4.78, 5) is 2.42. The molecule has 0 saturated heterocycles. The zero-order valence-electron chi connectivity index (χ0n) is 8.42. The molecule has 0 aromatic heterocycles. The van der Waals surface area contributed by atoms with E-state index < -0.39 is 0 Å². The summed E-state index contributed by atoms with van der Waals surface area (Å²) in [7, 11) is 1.75. The van der Waals surface area contributed by atoms with Crippen LogP contribution >= 0.6 is 12.6 Å². The third-order valence-electron chi connectivity index (χ3n) is 2.04. The number of ether oxygens (including phenoxy) is 1. The van der Waals surface area contributed by atoms with Crippen molar-refractivity contribution in [3.05, 3.63) is 0 Å². The molecule has 0 saturated carbocycles. The van der Waals surface area contributed by atoms with Crippen LogP contribution in [0.5, 0.6) is 0 Å². The van der Waals surface area contributed by atoms with Crippen LogP contribution in [-0.2, 0) is 4.74 Å². The van der Waals surface area contributed by atoms with Crippen molar-refractivity contribution in [3.63, 3.8) is 0 Å². The number of nitrogens with zero attached hydrogens (tertiary/aromatic N) is 1. The summed E-state index contributed by atoms with van der Waals surface area (Å²) in [6.07, 6.45) is 1.16. The van der Waals surface area contributed by atoms with Crippen LogP contribution in [0.1, 0.15) is 20.3 Å². The maximum absolute atomic E-state index is 5.11. The van der Waals surface area contributed by atoms with E-state index in [-0.39, 0.29) is 0 Å². The summed E-state index contributed by atoms with van der Waals surface area (Å²) in [6, 6.07) is 0.528. The Hall–Kier alpha value is 0.270. The second kappa shape index (κ2) is 7.90. The Morgan fingerprint density at radius 3 is 2.58 bits per heavy atom. The summed E-state index contributed by atoms with van der Waals surface area (Å²) < 4.78 is 5.11. The normalized spacial score (nSPS) is 13.8. The van der Waals surface area contributed by atoms with Crippen molar-refractivity contribution < 1.29 is 4.74 Å². The van der Waals surface area contributed by atoms with Gasteiger partial charge in [0.15, 0.2) is 0 Å². The molecular weight excluding hydrogens is 170 g/mol. The van der Waals surface area contributed by atoms with Gasteiger partial charge in [-0.15, -0.1) is 0 Å². The summed E-state index contributed by atoms with van der Waals surface area (Å²) in [5.41, 5.74) is 0. The summed E-state index contributed by atoms with van der Waals surface area (Å²) >= 11 is 4.20. The SMILES string of the molecule is CCN(CCCS)C(C)COC. The Kier molecular flexibility index (Phi) is 8.07. The van der Waals surface area contributed by atoms with Gasteiger partial charge in [-0.05, 0) is 32.2 Å². The first-order valence-electron chi connectivity index (χ1n) is 4.60. The molecule has 0 fully saturated rings. The van der Waals surface area contributed by atoms with Crippen molar-refractivity contribution in [1.82, 2.24) is 4.90 Å². The second-order valence-electron chi connectivity index (χ2n) is 3.01. The molecule has 1 atom stereocenters. The van der Waals surface area contributed by atoms with E-state index in [4.69, 9.17) is 4.74 Å². The molecule has 74 valence electrons. The molecule has 0 bridgehead atoms. The van der Waals surface area contributed by atoms with Crippen LogP contribution in [0.15, 0.2) is 0 Å². The predicted molar refractivity (Wildman–Crippen MR) is 57.1 cm³/mol. The van der Waals surface area contributed by atoms with Crippen LogP contribution in [0.4, 0.5) is 0 Å². The Balaban J connectivity index is 3.62. The van der Waals surface area contributed by atoms with Crippen LogP contribution in [0.25, 0.3) is 0 Å². The van der Waals surface area contributed by atoms with Gasteiger partial charge >= 0.3 is 0 Å². The van der Waals surface area contributed by atoms with Crippen LogP contribution in [-0.4, -0.2) is 43.5 Å². The quantitative estimate of drug-likeness (QED) is 0.615. The Bertz CT molecular complexity index is 101. The van der Waals surface area contributed by atoms with Crippen molar-refractivity contribution >= 4 is 12.6 Å². The van der Waals surface area contributed by atoms with Gasteiger partial charge in [0.05, 0.1) is 6.61 Å².